The number of benzene rings is 1. The van der Waals surface area contributed by atoms with Gasteiger partial charge in [-0.3, -0.25) is 9.59 Å². The molecule has 9 heteroatoms. The monoisotopic (exact) mass is 365 g/mol. The van der Waals surface area contributed by atoms with E-state index in [0.29, 0.717) is 5.02 Å². The van der Waals surface area contributed by atoms with Crippen molar-refractivity contribution in [3.8, 4) is 0 Å². The highest BCUT2D eigenvalue weighted by molar-refractivity contribution is 7.89. The van der Waals surface area contributed by atoms with Crippen LogP contribution in [0.4, 0.5) is 5.82 Å². The van der Waals surface area contributed by atoms with Crippen LogP contribution >= 0.6 is 11.6 Å². The smallest absolute Gasteiger partial charge is 0.251 e. The van der Waals surface area contributed by atoms with Crippen LogP contribution in [0.15, 0.2) is 47.5 Å². The summed E-state index contributed by atoms with van der Waals surface area (Å²) >= 11 is 5.72. The van der Waals surface area contributed by atoms with Crippen molar-refractivity contribution in [1.29, 1.82) is 0 Å². The summed E-state index contributed by atoms with van der Waals surface area (Å²) in [5.74, 6) is -1.20. The molecule has 1 atom stereocenters. The summed E-state index contributed by atoms with van der Waals surface area (Å²) in [5, 5.41) is 2.82. The third-order valence-electron chi connectivity index (χ3n) is 3.65. The summed E-state index contributed by atoms with van der Waals surface area (Å²) in [5.41, 5.74) is -0.000171. The normalized spacial score (nSPS) is 19.6. The van der Waals surface area contributed by atoms with Crippen LogP contribution in [-0.2, 0) is 14.8 Å². The van der Waals surface area contributed by atoms with Gasteiger partial charge in [-0.2, -0.15) is 4.31 Å². The summed E-state index contributed by atoms with van der Waals surface area (Å²) in [6.45, 7) is 0. The van der Waals surface area contributed by atoms with Gasteiger partial charge in [-0.05, 0) is 24.3 Å². The number of halogens is 1. The second kappa shape index (κ2) is 5.97. The predicted octanol–water partition coefficient (Wildman–Crippen LogP) is 1.56. The highest BCUT2D eigenvalue weighted by Crippen LogP contribution is 2.29. The molecule has 0 saturated heterocycles. The number of hydrogen-bond acceptors (Lipinski definition) is 5. The lowest BCUT2D eigenvalue weighted by Crippen LogP contribution is -2.53. The van der Waals surface area contributed by atoms with Gasteiger partial charge in [0.1, 0.15) is 5.82 Å². The number of nitrogens with one attached hydrogen (secondary N) is 1. The number of fused-ring (bicyclic) bond motifs is 1. The number of aromatic nitrogens is 1. The molecule has 1 unspecified atom stereocenters. The van der Waals surface area contributed by atoms with Crippen molar-refractivity contribution in [2.45, 2.75) is 10.9 Å². The van der Waals surface area contributed by atoms with Crippen LogP contribution in [0.25, 0.3) is 0 Å². The average Bonchev–Trinajstić information content (AvgIpc) is 2.56. The van der Waals surface area contributed by atoms with Crippen LogP contribution in [0.3, 0.4) is 0 Å². The fourth-order valence-electron chi connectivity index (χ4n) is 2.43. The Balaban J connectivity index is 1.97. The Kier molecular flexibility index (Phi) is 4.12. The van der Waals surface area contributed by atoms with Gasteiger partial charge in [0.25, 0.3) is 5.91 Å². The van der Waals surface area contributed by atoms with Crippen molar-refractivity contribution in [3.05, 3.63) is 53.2 Å². The molecule has 2 aromatic rings. The number of carbonyl (C=O) groups is 2. The van der Waals surface area contributed by atoms with E-state index >= 15 is 0 Å². The highest BCUT2D eigenvalue weighted by atomic mass is 35.5. The number of anilines is 1. The molecule has 0 radical (unpaired) electrons. The maximum absolute atomic E-state index is 12.6. The van der Waals surface area contributed by atoms with Crippen molar-refractivity contribution in [1.82, 2.24) is 9.29 Å². The van der Waals surface area contributed by atoms with E-state index in [1.54, 1.807) is 6.07 Å². The van der Waals surface area contributed by atoms with Crippen molar-refractivity contribution in [3.63, 3.8) is 0 Å². The second-order valence-corrected chi connectivity index (χ2v) is 7.54. The number of likely N-dealkylation sites (N-methyl/N-ethyl adjacent to an activating group) is 1. The fraction of sp³-hybridized carbons (Fsp3) is 0.133. The molecule has 0 saturated carbocycles. The zero-order chi connectivity index (χ0) is 17.5. The van der Waals surface area contributed by atoms with Crippen molar-refractivity contribution >= 4 is 39.1 Å². The zero-order valence-corrected chi connectivity index (χ0v) is 14.0. The molecule has 1 amide bonds. The lowest BCUT2D eigenvalue weighted by Gasteiger charge is -2.30. The number of hydrogen-bond donors (Lipinski definition) is 1. The van der Waals surface area contributed by atoms with Gasteiger partial charge in [0.05, 0.1) is 9.92 Å². The largest absolute Gasteiger partial charge is 0.309 e. The first-order chi connectivity index (χ1) is 11.3. The number of carbonyl (C=O) groups excluding carboxylic acids is 2. The van der Waals surface area contributed by atoms with Gasteiger partial charge in [0, 0.05) is 18.8 Å². The minimum atomic E-state index is -3.94. The van der Waals surface area contributed by atoms with E-state index in [2.05, 4.69) is 10.3 Å². The molecule has 1 N–H and O–H groups in total. The van der Waals surface area contributed by atoms with Gasteiger partial charge < -0.3 is 5.32 Å². The number of pyridine rings is 1. The molecule has 2 heterocycles. The van der Waals surface area contributed by atoms with Crippen molar-refractivity contribution < 1.29 is 18.0 Å². The first-order valence-electron chi connectivity index (χ1n) is 6.86. The Morgan fingerprint density at radius 1 is 1.25 bits per heavy atom. The van der Waals surface area contributed by atoms with E-state index in [1.807, 2.05) is 0 Å². The standard InChI is InChI=1S/C15H12ClN3O4S/c1-19-13(15(21)18-12-7-6-9(16)8-17-12)14(20)10-4-2-3-5-11(10)24(19,22)23/h2-8,13H,1H3,(H,17,18,21). The topological polar surface area (TPSA) is 96.4 Å². The molecule has 0 aliphatic carbocycles. The summed E-state index contributed by atoms with van der Waals surface area (Å²) in [7, 11) is -2.74. The highest BCUT2D eigenvalue weighted by Gasteiger charge is 2.45. The maximum Gasteiger partial charge on any atom is 0.251 e. The molecule has 1 aromatic heterocycles. The van der Waals surface area contributed by atoms with Gasteiger partial charge in [0.2, 0.25) is 10.0 Å². The van der Waals surface area contributed by atoms with Crippen LogP contribution in [0.5, 0.6) is 0 Å². The number of amides is 1. The number of ketones is 1. The molecule has 0 fully saturated rings. The molecule has 0 spiro atoms. The molecule has 1 aliphatic rings. The number of sulfonamides is 1. The summed E-state index contributed by atoms with van der Waals surface area (Å²) in [4.78, 5) is 28.8. The quantitative estimate of drug-likeness (QED) is 0.814. The SMILES string of the molecule is CN1C(C(=O)Nc2ccc(Cl)cn2)C(=O)c2ccccc2S1(=O)=O. The number of Topliss-reactive ketones (excluding diaryl/α,β-unsaturated/α-hetero) is 1. The van der Waals surface area contributed by atoms with Gasteiger partial charge >= 0.3 is 0 Å². The van der Waals surface area contributed by atoms with Crippen molar-refractivity contribution in [2.75, 3.05) is 12.4 Å². The molecule has 7 nitrogen and oxygen atoms in total. The van der Waals surface area contributed by atoms with E-state index < -0.39 is 27.8 Å². The molecule has 24 heavy (non-hydrogen) atoms. The van der Waals surface area contributed by atoms with Gasteiger partial charge in [-0.1, -0.05) is 23.7 Å². The summed E-state index contributed by atoms with van der Waals surface area (Å²) in [6, 6.07) is 7.28. The predicted molar refractivity (Wildman–Crippen MR) is 87.4 cm³/mol. The Morgan fingerprint density at radius 2 is 1.96 bits per heavy atom. The van der Waals surface area contributed by atoms with E-state index in [-0.39, 0.29) is 16.3 Å². The van der Waals surface area contributed by atoms with Gasteiger partial charge in [-0.25, -0.2) is 13.4 Å². The maximum atomic E-state index is 12.6. The first-order valence-corrected chi connectivity index (χ1v) is 8.68. The Hall–Kier alpha value is -2.29. The van der Waals surface area contributed by atoms with Crippen molar-refractivity contribution in [2.24, 2.45) is 0 Å². The second-order valence-electron chi connectivity index (χ2n) is 5.14. The third kappa shape index (κ3) is 2.68. The van der Waals surface area contributed by atoms with Crippen LogP contribution in [0.2, 0.25) is 5.02 Å². The lowest BCUT2D eigenvalue weighted by molar-refractivity contribution is -0.118. The number of nitrogens with zero attached hydrogens (tertiary/aromatic N) is 2. The summed E-state index contributed by atoms with van der Waals surface area (Å²) < 4.78 is 25.8. The fourth-order valence-corrected chi connectivity index (χ4v) is 4.02. The number of rotatable bonds is 2. The minimum absolute atomic E-state index is 0.000171. The van der Waals surface area contributed by atoms with E-state index in [1.165, 1.54) is 43.6 Å². The molecule has 0 bridgehead atoms. The first kappa shape index (κ1) is 16.6. The molecule has 1 aromatic carbocycles. The van der Waals surface area contributed by atoms with E-state index in [0.717, 1.165) is 4.31 Å². The molecule has 1 aliphatic heterocycles. The van der Waals surface area contributed by atoms with Gasteiger partial charge in [0.15, 0.2) is 11.8 Å². The minimum Gasteiger partial charge on any atom is -0.309 e. The Labute approximate surface area is 143 Å². The average molecular weight is 366 g/mol. The Bertz CT molecular complexity index is 928. The van der Waals surface area contributed by atoms with Crippen LogP contribution < -0.4 is 5.32 Å². The lowest BCUT2D eigenvalue weighted by atomic mass is 10.0. The van der Waals surface area contributed by atoms with Crippen LogP contribution in [0, 0.1) is 0 Å². The van der Waals surface area contributed by atoms with Crippen LogP contribution in [-0.4, -0.2) is 42.5 Å². The molecular formula is C15H12ClN3O4S. The molecule has 124 valence electrons. The van der Waals surface area contributed by atoms with E-state index in [4.69, 9.17) is 11.6 Å². The van der Waals surface area contributed by atoms with Crippen LogP contribution in [0.1, 0.15) is 10.4 Å². The van der Waals surface area contributed by atoms with E-state index in [9.17, 15) is 18.0 Å². The molecular weight excluding hydrogens is 354 g/mol. The zero-order valence-electron chi connectivity index (χ0n) is 12.4. The third-order valence-corrected chi connectivity index (χ3v) is 5.75. The van der Waals surface area contributed by atoms with Gasteiger partial charge in [-0.15, -0.1) is 0 Å². The Morgan fingerprint density at radius 3 is 2.62 bits per heavy atom. The summed E-state index contributed by atoms with van der Waals surface area (Å²) in [6.07, 6.45) is 1.33. The molecule has 3 rings (SSSR count).